The summed E-state index contributed by atoms with van der Waals surface area (Å²) in [7, 11) is 1.58. The zero-order chi connectivity index (χ0) is 21.4. The molecule has 7 heteroatoms. The lowest BCUT2D eigenvalue weighted by molar-refractivity contribution is 0.0813. The van der Waals surface area contributed by atoms with Gasteiger partial charge in [0.2, 0.25) is 0 Å². The van der Waals surface area contributed by atoms with E-state index in [-0.39, 0.29) is 23.2 Å². The predicted octanol–water partition coefficient (Wildman–Crippen LogP) is 4.21. The van der Waals surface area contributed by atoms with Gasteiger partial charge < -0.3 is 0 Å². The van der Waals surface area contributed by atoms with Gasteiger partial charge in [-0.2, -0.15) is 5.10 Å². The number of hydrogen-bond acceptors (Lipinski definition) is 5. The fraction of sp³-hybridized carbons (Fsp3) is 0.304. The summed E-state index contributed by atoms with van der Waals surface area (Å²) in [5.41, 5.74) is 3.17. The summed E-state index contributed by atoms with van der Waals surface area (Å²) < 4.78 is 1.24. The normalized spacial score (nSPS) is 17.8. The molecule has 6 nitrogen and oxygen atoms in total. The van der Waals surface area contributed by atoms with Crippen LogP contribution in [0.25, 0.3) is 10.8 Å². The van der Waals surface area contributed by atoms with Crippen molar-refractivity contribution >= 4 is 39.3 Å². The Kier molecular flexibility index (Phi) is 5.47. The van der Waals surface area contributed by atoms with Crippen molar-refractivity contribution in [3.63, 3.8) is 0 Å². The molecule has 2 heterocycles. The molecule has 1 aliphatic heterocycles. The second kappa shape index (κ2) is 8.07. The third-order valence-electron chi connectivity index (χ3n) is 5.39. The Morgan fingerprint density at radius 1 is 1.20 bits per heavy atom. The molecule has 1 aliphatic rings. The van der Waals surface area contributed by atoms with Crippen LogP contribution in [0.1, 0.15) is 35.0 Å². The minimum Gasteiger partial charge on any atom is -0.282 e. The van der Waals surface area contributed by atoms with E-state index in [4.69, 9.17) is 4.99 Å². The fourth-order valence-electron chi connectivity index (χ4n) is 3.72. The van der Waals surface area contributed by atoms with Crippen molar-refractivity contribution in [2.75, 3.05) is 5.75 Å². The summed E-state index contributed by atoms with van der Waals surface area (Å²) >= 11 is 1.59. The highest BCUT2D eigenvalue weighted by Gasteiger charge is 2.36. The first-order chi connectivity index (χ1) is 14.4. The van der Waals surface area contributed by atoms with Crippen LogP contribution < -0.4 is 5.56 Å². The zero-order valence-corrected chi connectivity index (χ0v) is 18.4. The van der Waals surface area contributed by atoms with E-state index in [1.807, 2.05) is 32.0 Å². The molecule has 0 spiro atoms. The fourth-order valence-corrected chi connectivity index (χ4v) is 4.98. The van der Waals surface area contributed by atoms with Gasteiger partial charge in [0.05, 0.1) is 11.1 Å². The van der Waals surface area contributed by atoms with Gasteiger partial charge in [0.15, 0.2) is 10.9 Å². The Bertz CT molecular complexity index is 1230. The molecule has 0 aliphatic carbocycles. The molecule has 1 fully saturated rings. The minimum atomic E-state index is -0.220. The van der Waals surface area contributed by atoms with E-state index in [1.54, 1.807) is 41.9 Å². The highest BCUT2D eigenvalue weighted by molar-refractivity contribution is 8.14. The van der Waals surface area contributed by atoms with E-state index in [9.17, 15) is 9.59 Å². The Balaban J connectivity index is 1.83. The zero-order valence-electron chi connectivity index (χ0n) is 17.5. The van der Waals surface area contributed by atoms with Gasteiger partial charge in [0.1, 0.15) is 0 Å². The number of rotatable bonds is 3. The van der Waals surface area contributed by atoms with Crippen molar-refractivity contribution in [1.29, 1.82) is 0 Å². The standard InChI is InChI=1S/C23H24N4O2S/c1-5-16-13-30-23(24-19-11-10-14(2)12-15(19)3)27(16)22(29)20-17-8-6-7-9-18(17)21(28)26(4)25-20/h6-12,16H,5,13H2,1-4H3/t16-/m0/s1. The number of hydrogen-bond donors (Lipinski definition) is 0. The summed E-state index contributed by atoms with van der Waals surface area (Å²) in [6.45, 7) is 6.14. The second-order valence-corrected chi connectivity index (χ2v) is 8.54. The first kappa shape index (κ1) is 20.3. The molecule has 3 aromatic rings. The van der Waals surface area contributed by atoms with Crippen LogP contribution in [0, 0.1) is 13.8 Å². The number of carbonyl (C=O) groups is 1. The van der Waals surface area contributed by atoms with Gasteiger partial charge in [-0.3, -0.25) is 14.5 Å². The molecule has 0 bridgehead atoms. The SMILES string of the molecule is CC[C@H]1CSC(=Nc2ccc(C)cc2C)N1C(=O)c1nn(C)c(=O)c2ccccc12. The lowest BCUT2D eigenvalue weighted by Crippen LogP contribution is -2.40. The molecular weight excluding hydrogens is 396 g/mol. The van der Waals surface area contributed by atoms with Gasteiger partial charge in [-0.05, 0) is 38.0 Å². The van der Waals surface area contributed by atoms with Crippen LogP contribution in [0.3, 0.4) is 0 Å². The van der Waals surface area contributed by atoms with Crippen LogP contribution in [-0.4, -0.2) is 37.5 Å². The number of amidine groups is 1. The van der Waals surface area contributed by atoms with Crippen molar-refractivity contribution in [3.05, 3.63) is 69.6 Å². The maximum absolute atomic E-state index is 13.7. The maximum atomic E-state index is 13.7. The lowest BCUT2D eigenvalue weighted by atomic mass is 10.1. The second-order valence-electron chi connectivity index (χ2n) is 7.56. The van der Waals surface area contributed by atoms with E-state index in [0.717, 1.165) is 23.4 Å². The summed E-state index contributed by atoms with van der Waals surface area (Å²) in [6.07, 6.45) is 0.814. The molecule has 0 N–H and O–H groups in total. The Labute approximate surface area is 179 Å². The number of thioether (sulfide) groups is 1. The van der Waals surface area contributed by atoms with Crippen molar-refractivity contribution in [1.82, 2.24) is 14.7 Å². The number of aromatic nitrogens is 2. The molecule has 0 unspecified atom stereocenters. The maximum Gasteiger partial charge on any atom is 0.281 e. The van der Waals surface area contributed by atoms with E-state index in [2.05, 4.69) is 18.1 Å². The lowest BCUT2D eigenvalue weighted by Gasteiger charge is -2.23. The van der Waals surface area contributed by atoms with Crippen molar-refractivity contribution < 1.29 is 4.79 Å². The molecule has 1 amide bonds. The Morgan fingerprint density at radius 3 is 2.63 bits per heavy atom. The highest BCUT2D eigenvalue weighted by atomic mass is 32.2. The summed E-state index contributed by atoms with van der Waals surface area (Å²) in [5.74, 6) is 0.567. The minimum absolute atomic E-state index is 0.0322. The number of benzene rings is 2. The topological polar surface area (TPSA) is 67.6 Å². The van der Waals surface area contributed by atoms with Crippen molar-refractivity contribution in [3.8, 4) is 0 Å². The van der Waals surface area contributed by atoms with E-state index >= 15 is 0 Å². The van der Waals surface area contributed by atoms with Gasteiger partial charge in [-0.15, -0.1) is 0 Å². The molecule has 154 valence electrons. The average Bonchev–Trinajstić information content (AvgIpc) is 3.15. The van der Waals surface area contributed by atoms with E-state index in [0.29, 0.717) is 15.9 Å². The molecule has 30 heavy (non-hydrogen) atoms. The molecule has 0 radical (unpaired) electrons. The largest absolute Gasteiger partial charge is 0.282 e. The number of aliphatic imine (C=N–C) groups is 1. The van der Waals surface area contributed by atoms with Crippen LogP contribution in [-0.2, 0) is 7.05 Å². The Hall–Kier alpha value is -2.93. The van der Waals surface area contributed by atoms with Gasteiger partial charge in [-0.25, -0.2) is 9.67 Å². The number of nitrogens with zero attached hydrogens (tertiary/aromatic N) is 4. The van der Waals surface area contributed by atoms with E-state index < -0.39 is 0 Å². The number of carbonyl (C=O) groups excluding carboxylic acids is 1. The van der Waals surface area contributed by atoms with Crippen LogP contribution in [0.2, 0.25) is 0 Å². The average molecular weight is 421 g/mol. The van der Waals surface area contributed by atoms with Gasteiger partial charge >= 0.3 is 0 Å². The highest BCUT2D eigenvalue weighted by Crippen LogP contribution is 2.32. The molecule has 0 saturated carbocycles. The van der Waals surface area contributed by atoms with Gasteiger partial charge in [0, 0.05) is 24.2 Å². The van der Waals surface area contributed by atoms with Gasteiger partial charge in [0.25, 0.3) is 11.5 Å². The number of amides is 1. The number of fused-ring (bicyclic) bond motifs is 1. The van der Waals surface area contributed by atoms with Crippen LogP contribution in [0.5, 0.6) is 0 Å². The molecule has 2 aromatic carbocycles. The quantitative estimate of drug-likeness (QED) is 0.637. The molecule has 1 saturated heterocycles. The Morgan fingerprint density at radius 2 is 1.93 bits per heavy atom. The van der Waals surface area contributed by atoms with Crippen LogP contribution in [0.4, 0.5) is 5.69 Å². The summed E-state index contributed by atoms with van der Waals surface area (Å²) in [5, 5.41) is 6.08. The van der Waals surface area contributed by atoms with Crippen LogP contribution in [0.15, 0.2) is 52.3 Å². The molecule has 1 atom stereocenters. The van der Waals surface area contributed by atoms with Crippen molar-refractivity contribution in [2.24, 2.45) is 12.0 Å². The molecule has 4 rings (SSSR count). The summed E-state index contributed by atoms with van der Waals surface area (Å²) in [4.78, 5) is 32.7. The number of aryl methyl sites for hydroxylation is 3. The van der Waals surface area contributed by atoms with E-state index in [1.165, 1.54) is 10.2 Å². The first-order valence-electron chi connectivity index (χ1n) is 9.99. The molecular formula is C23H24N4O2S. The molecule has 1 aromatic heterocycles. The smallest absolute Gasteiger partial charge is 0.281 e. The van der Waals surface area contributed by atoms with Gasteiger partial charge in [-0.1, -0.05) is 54.6 Å². The third-order valence-corrected chi connectivity index (χ3v) is 6.49. The van der Waals surface area contributed by atoms with Crippen LogP contribution >= 0.6 is 11.8 Å². The summed E-state index contributed by atoms with van der Waals surface area (Å²) in [6, 6.07) is 13.3. The predicted molar refractivity (Wildman–Crippen MR) is 123 cm³/mol. The van der Waals surface area contributed by atoms with Crippen molar-refractivity contribution in [2.45, 2.75) is 33.2 Å². The monoisotopic (exact) mass is 420 g/mol. The third kappa shape index (κ3) is 3.54. The first-order valence-corrected chi connectivity index (χ1v) is 11.0.